The van der Waals surface area contributed by atoms with Gasteiger partial charge in [-0.05, 0) is 23.8 Å². The maximum atomic E-state index is 11.7. The molecule has 1 amide bonds. The molecule has 0 radical (unpaired) electrons. The third-order valence-corrected chi connectivity index (χ3v) is 2.69. The number of rotatable bonds is 7. The molecular formula is C15H18N4O. The third kappa shape index (κ3) is 4.37. The smallest absolute Gasteiger partial charge is 0.238 e. The van der Waals surface area contributed by atoms with Crippen molar-refractivity contribution in [2.24, 2.45) is 0 Å². The van der Waals surface area contributed by atoms with Crippen molar-refractivity contribution in [2.45, 2.75) is 6.54 Å². The van der Waals surface area contributed by atoms with Gasteiger partial charge in [0.2, 0.25) is 5.91 Å². The molecule has 0 fully saturated rings. The Morgan fingerprint density at radius 2 is 2.30 bits per heavy atom. The Balaban J connectivity index is 1.92. The minimum absolute atomic E-state index is 0.0666. The first-order chi connectivity index (χ1) is 9.78. The maximum Gasteiger partial charge on any atom is 0.238 e. The van der Waals surface area contributed by atoms with Gasteiger partial charge in [0.15, 0.2) is 0 Å². The zero-order valence-corrected chi connectivity index (χ0v) is 11.2. The molecule has 2 rings (SSSR count). The molecule has 1 aromatic heterocycles. The molecular weight excluding hydrogens is 252 g/mol. The maximum absolute atomic E-state index is 11.7. The summed E-state index contributed by atoms with van der Waals surface area (Å²) in [5.41, 5.74) is 1.88. The predicted molar refractivity (Wildman–Crippen MR) is 79.5 cm³/mol. The summed E-state index contributed by atoms with van der Waals surface area (Å²) >= 11 is 0. The molecule has 104 valence electrons. The molecule has 1 heterocycles. The second kappa shape index (κ2) is 7.25. The lowest BCUT2D eigenvalue weighted by Gasteiger charge is -2.08. The largest absolute Gasteiger partial charge is 0.325 e. The van der Waals surface area contributed by atoms with Gasteiger partial charge in [-0.1, -0.05) is 18.2 Å². The number of nitrogens with one attached hydrogen (secondary N) is 2. The lowest BCUT2D eigenvalue weighted by atomic mass is 10.2. The molecule has 2 N–H and O–H groups in total. The van der Waals surface area contributed by atoms with Crippen LogP contribution < -0.4 is 10.6 Å². The van der Waals surface area contributed by atoms with Gasteiger partial charge in [0.05, 0.1) is 13.1 Å². The number of amides is 1. The Labute approximate surface area is 118 Å². The Hall–Kier alpha value is -2.40. The molecule has 0 aliphatic rings. The van der Waals surface area contributed by atoms with E-state index in [1.165, 1.54) is 0 Å². The van der Waals surface area contributed by atoms with E-state index in [0.717, 1.165) is 11.3 Å². The number of benzene rings is 1. The number of nitrogens with zero attached hydrogens (tertiary/aromatic N) is 2. The summed E-state index contributed by atoms with van der Waals surface area (Å²) in [6, 6.07) is 9.64. The Morgan fingerprint density at radius 3 is 3.05 bits per heavy atom. The van der Waals surface area contributed by atoms with E-state index in [1.807, 2.05) is 41.2 Å². The number of carbonyl (C=O) groups is 1. The molecule has 0 atom stereocenters. The van der Waals surface area contributed by atoms with Crippen LogP contribution in [0.1, 0.15) is 5.56 Å². The summed E-state index contributed by atoms with van der Waals surface area (Å²) in [5.74, 6) is -0.0666. The molecule has 20 heavy (non-hydrogen) atoms. The van der Waals surface area contributed by atoms with Crippen LogP contribution in [0.15, 0.2) is 55.4 Å². The fourth-order valence-corrected chi connectivity index (χ4v) is 1.82. The number of hydrogen-bond acceptors (Lipinski definition) is 3. The van der Waals surface area contributed by atoms with Crippen LogP contribution in [-0.2, 0) is 11.3 Å². The van der Waals surface area contributed by atoms with Crippen molar-refractivity contribution in [3.63, 3.8) is 0 Å². The highest BCUT2D eigenvalue weighted by Crippen LogP contribution is 2.11. The van der Waals surface area contributed by atoms with Gasteiger partial charge < -0.3 is 10.6 Å². The number of carbonyl (C=O) groups excluding carboxylic acids is 1. The molecule has 2 aromatic rings. The van der Waals surface area contributed by atoms with Crippen molar-refractivity contribution in [1.29, 1.82) is 0 Å². The number of aromatic nitrogens is 2. The highest BCUT2D eigenvalue weighted by molar-refractivity contribution is 5.92. The molecule has 1 aromatic carbocycles. The van der Waals surface area contributed by atoms with Crippen LogP contribution in [-0.4, -0.2) is 28.8 Å². The van der Waals surface area contributed by atoms with Gasteiger partial charge in [0.1, 0.15) is 0 Å². The van der Waals surface area contributed by atoms with E-state index < -0.39 is 0 Å². The lowest BCUT2D eigenvalue weighted by molar-refractivity contribution is -0.115. The van der Waals surface area contributed by atoms with Crippen LogP contribution in [0.4, 0.5) is 5.69 Å². The standard InChI is InChI=1S/C15H18N4O/c1-2-7-16-11-15(20)18-14-6-3-5-13(10-14)12-19-9-4-8-17-19/h2-6,8-10,16H,1,7,11-12H2,(H,18,20). The van der Waals surface area contributed by atoms with Crippen molar-refractivity contribution in [2.75, 3.05) is 18.4 Å². The van der Waals surface area contributed by atoms with Crippen molar-refractivity contribution < 1.29 is 4.79 Å². The summed E-state index contributed by atoms with van der Waals surface area (Å²) in [5, 5.41) is 9.98. The van der Waals surface area contributed by atoms with Crippen molar-refractivity contribution >= 4 is 11.6 Å². The van der Waals surface area contributed by atoms with Crippen molar-refractivity contribution in [1.82, 2.24) is 15.1 Å². The van der Waals surface area contributed by atoms with Gasteiger partial charge in [-0.2, -0.15) is 5.10 Å². The fraction of sp³-hybridized carbons (Fsp3) is 0.200. The van der Waals surface area contributed by atoms with E-state index in [4.69, 9.17) is 0 Å². The van der Waals surface area contributed by atoms with Gasteiger partial charge in [0, 0.05) is 24.6 Å². The summed E-state index contributed by atoms with van der Waals surface area (Å²) in [4.78, 5) is 11.7. The number of anilines is 1. The van der Waals surface area contributed by atoms with Crippen molar-refractivity contribution in [3.8, 4) is 0 Å². The summed E-state index contributed by atoms with van der Waals surface area (Å²) < 4.78 is 1.84. The zero-order chi connectivity index (χ0) is 14.2. The van der Waals surface area contributed by atoms with Gasteiger partial charge >= 0.3 is 0 Å². The summed E-state index contributed by atoms with van der Waals surface area (Å²) in [6.07, 6.45) is 5.37. The van der Waals surface area contributed by atoms with E-state index in [1.54, 1.807) is 12.3 Å². The summed E-state index contributed by atoms with van der Waals surface area (Å²) in [7, 11) is 0. The molecule has 0 bridgehead atoms. The monoisotopic (exact) mass is 270 g/mol. The average Bonchev–Trinajstić information content (AvgIpc) is 2.92. The molecule has 0 aliphatic carbocycles. The van der Waals surface area contributed by atoms with Gasteiger partial charge in [0.25, 0.3) is 0 Å². The lowest BCUT2D eigenvalue weighted by Crippen LogP contribution is -2.28. The second-order valence-electron chi connectivity index (χ2n) is 4.37. The van der Waals surface area contributed by atoms with Crippen LogP contribution in [0.2, 0.25) is 0 Å². The minimum Gasteiger partial charge on any atom is -0.325 e. The predicted octanol–water partition coefficient (Wildman–Crippen LogP) is 1.65. The Kier molecular flexibility index (Phi) is 5.08. The molecule has 5 heteroatoms. The molecule has 0 unspecified atom stereocenters. The average molecular weight is 270 g/mol. The SMILES string of the molecule is C=CCNCC(=O)Nc1cccc(Cn2cccn2)c1. The van der Waals surface area contributed by atoms with Gasteiger partial charge in [-0.25, -0.2) is 0 Å². The van der Waals surface area contributed by atoms with E-state index in [-0.39, 0.29) is 12.5 Å². The molecule has 0 aliphatic heterocycles. The Morgan fingerprint density at radius 1 is 1.40 bits per heavy atom. The van der Waals surface area contributed by atoms with E-state index in [2.05, 4.69) is 22.3 Å². The van der Waals surface area contributed by atoms with Crippen LogP contribution in [0.25, 0.3) is 0 Å². The van der Waals surface area contributed by atoms with Crippen LogP contribution in [0.5, 0.6) is 0 Å². The molecule has 0 spiro atoms. The zero-order valence-electron chi connectivity index (χ0n) is 11.2. The normalized spacial score (nSPS) is 10.2. The fourth-order valence-electron chi connectivity index (χ4n) is 1.82. The van der Waals surface area contributed by atoms with E-state index in [9.17, 15) is 4.79 Å². The quantitative estimate of drug-likeness (QED) is 0.594. The highest BCUT2D eigenvalue weighted by Gasteiger charge is 2.02. The van der Waals surface area contributed by atoms with Gasteiger partial charge in [-0.3, -0.25) is 9.48 Å². The molecule has 0 saturated carbocycles. The first-order valence-corrected chi connectivity index (χ1v) is 6.46. The number of hydrogen-bond donors (Lipinski definition) is 2. The van der Waals surface area contributed by atoms with Crippen LogP contribution in [0, 0.1) is 0 Å². The second-order valence-corrected chi connectivity index (χ2v) is 4.37. The first-order valence-electron chi connectivity index (χ1n) is 6.46. The topological polar surface area (TPSA) is 59.0 Å². The van der Waals surface area contributed by atoms with Crippen molar-refractivity contribution in [3.05, 3.63) is 60.9 Å². The Bertz CT molecular complexity index is 563. The third-order valence-electron chi connectivity index (χ3n) is 2.69. The van der Waals surface area contributed by atoms with E-state index in [0.29, 0.717) is 13.1 Å². The highest BCUT2D eigenvalue weighted by atomic mass is 16.1. The van der Waals surface area contributed by atoms with Gasteiger partial charge in [-0.15, -0.1) is 6.58 Å². The van der Waals surface area contributed by atoms with E-state index >= 15 is 0 Å². The van der Waals surface area contributed by atoms with Crippen LogP contribution in [0.3, 0.4) is 0 Å². The molecule has 5 nitrogen and oxygen atoms in total. The van der Waals surface area contributed by atoms with Crippen LogP contribution >= 0.6 is 0 Å². The molecule has 0 saturated heterocycles. The first kappa shape index (κ1) is 14.0. The summed E-state index contributed by atoms with van der Waals surface area (Å²) in [6.45, 7) is 5.16. The minimum atomic E-state index is -0.0666.